The Hall–Kier alpha value is -13.0. The van der Waals surface area contributed by atoms with E-state index in [1.807, 2.05) is 243 Å². The number of aromatic carboxylic acids is 1. The Morgan fingerprint density at radius 2 is 0.685 bits per heavy atom. The fourth-order valence-corrected chi connectivity index (χ4v) is 16.6. The van der Waals surface area contributed by atoms with Crippen molar-refractivity contribution in [2.75, 3.05) is 6.26 Å². The number of hydrogen-bond donors (Lipinski definition) is 4. The van der Waals surface area contributed by atoms with E-state index in [0.29, 0.717) is 22.8 Å². The number of carbonyl (C=O) groups excluding carboxylic acids is 3. The van der Waals surface area contributed by atoms with Crippen molar-refractivity contribution in [2.24, 2.45) is 0 Å². The van der Waals surface area contributed by atoms with Gasteiger partial charge < -0.3 is 26.6 Å². The molecule has 124 heavy (non-hydrogen) atoms. The summed E-state index contributed by atoms with van der Waals surface area (Å²) in [6.45, 7) is 5.72. The molecule has 20 aromatic rings. The molecule has 21 rings (SSSR count). The summed E-state index contributed by atoms with van der Waals surface area (Å²) in [6, 6.07) is 127. The van der Waals surface area contributed by atoms with Crippen LogP contribution in [0.5, 0.6) is 0 Å². The Morgan fingerprint density at radius 3 is 1.10 bits per heavy atom. The Bertz CT molecular complexity index is 7220. The second-order valence-corrected chi connectivity index (χ2v) is 32.0. The minimum atomic E-state index is -3.67. The molecule has 0 fully saturated rings. The largest absolute Gasteiger partial charge is 1.00 e. The number of ketones is 1. The number of aromatic nitrogens is 1. The number of nitrogens with zero attached hydrogens (tertiary/aromatic N) is 1. The van der Waals surface area contributed by atoms with Crippen molar-refractivity contribution in [1.29, 1.82) is 0 Å². The molecule has 19 aromatic carbocycles. The summed E-state index contributed by atoms with van der Waals surface area (Å²) < 4.78 is 30.2. The van der Waals surface area contributed by atoms with Crippen LogP contribution in [0.15, 0.2) is 391 Å². The maximum absolute atomic E-state index is 12.8. The van der Waals surface area contributed by atoms with Gasteiger partial charge in [-0.3, -0.25) is 18.9 Å². The number of hydrogen-bond acceptors (Lipinski definition) is 8. The molecule has 0 unspecified atom stereocenters. The Kier molecular flexibility index (Phi) is 30.4. The molecule has 16 heteroatoms. The maximum atomic E-state index is 12.8. The Balaban J connectivity index is 0.000000134. The van der Waals surface area contributed by atoms with Gasteiger partial charge in [-0.1, -0.05) is 354 Å². The zero-order chi connectivity index (χ0) is 85.4. The van der Waals surface area contributed by atoms with Crippen LogP contribution in [0.1, 0.15) is 74.2 Å². The molecule has 0 aliphatic heterocycles. The molecule has 1 aliphatic rings. The van der Waals surface area contributed by atoms with Gasteiger partial charge in [0.1, 0.15) is 0 Å². The van der Waals surface area contributed by atoms with Crippen molar-refractivity contribution < 1.29 is 66.2 Å². The molecule has 1 aliphatic carbocycles. The molecule has 0 radical (unpaired) electrons. The van der Waals surface area contributed by atoms with Crippen molar-refractivity contribution in [3.05, 3.63) is 426 Å². The van der Waals surface area contributed by atoms with Crippen LogP contribution in [-0.2, 0) is 10.1 Å². The van der Waals surface area contributed by atoms with E-state index in [1.54, 1.807) is 12.1 Å². The van der Waals surface area contributed by atoms with Crippen LogP contribution in [0.3, 0.4) is 0 Å². The van der Waals surface area contributed by atoms with E-state index in [-0.39, 0.29) is 32.1 Å². The fourth-order valence-electron chi connectivity index (χ4n) is 15.6. The van der Waals surface area contributed by atoms with Crippen LogP contribution in [-0.4, -0.2) is 70.4 Å². The topological polar surface area (TPSA) is 188 Å². The first kappa shape index (κ1) is 90.2. The standard InChI is InChI=1S/C21H14O2.C21H12O.C21H14O.C18H12BrN.C11H7BrO.C10H9BO2.C4H9.CH4O3S.CH4.Li/c22-21(23)19-13-12-15-7-2-4-10-17(15)20(19)18-11-5-8-14-6-1-3-9-16(14)18;22-21-17-11-9-13-5-1-3-7-15(13)19(17)20-16-8-4-2-6-14(16)10-12-18(20)21;22-14-17-13-12-16-7-2-4-10-19(16)21(17)20-11-5-8-15-6-1-3-9-18(15)20;19-15-9-3-6-12-18(15)20-16-10-4-1-7-13(16)14-8-2-5-11-17(14)20;12-11-9(7-13)6-5-8-3-1-2-4-10(8)11;12-11(13)10-7-3-5-8-4-1-2-6-9(8)10;1-3-4-2;1-5(2,3)4;;/h1-13H,(H,22,23);1-12H;1-14H;1-12H;1-7H;1-7,12-13H;1,3-4H2,2H3;1H3,(H,2,3,4);1H4;/q;;;;;;-1;;;+1. The Labute approximate surface area is 749 Å². The van der Waals surface area contributed by atoms with Gasteiger partial charge in [0.15, 0.2) is 18.4 Å². The van der Waals surface area contributed by atoms with Gasteiger partial charge in [0.2, 0.25) is 0 Å². The number of fused-ring (bicyclic) bond motifs is 16. The third-order valence-corrected chi connectivity index (χ3v) is 22.7. The first-order chi connectivity index (χ1) is 59.4. The maximum Gasteiger partial charge on any atom is 1.00 e. The molecule has 1 heterocycles. The van der Waals surface area contributed by atoms with Gasteiger partial charge in [0.25, 0.3) is 10.1 Å². The summed E-state index contributed by atoms with van der Waals surface area (Å²) in [5.41, 5.74) is 13.7. The summed E-state index contributed by atoms with van der Waals surface area (Å²) in [5.74, 6) is -0.764. The molecule has 1 aromatic heterocycles. The van der Waals surface area contributed by atoms with Crippen LogP contribution in [0.2, 0.25) is 0 Å². The van der Waals surface area contributed by atoms with Crippen LogP contribution in [0, 0.1) is 6.92 Å². The normalized spacial score (nSPS) is 10.9. The summed E-state index contributed by atoms with van der Waals surface area (Å²) in [7, 11) is -5.06. The summed E-state index contributed by atoms with van der Waals surface area (Å²) in [6.07, 6.45) is 4.80. The molecule has 0 spiro atoms. The molecule has 0 amide bonds. The third-order valence-electron chi connectivity index (χ3n) is 21.1. The predicted octanol–water partition coefficient (Wildman–Crippen LogP) is 24.3. The molecule has 4 N–H and O–H groups in total. The first-order valence-corrected chi connectivity index (χ1v) is 43.0. The SMILES string of the molecule is Brc1ccccc1-n1c2ccccc2c2ccccc21.C.CS(=O)(=O)O.O=C(O)c1ccc2ccccc2c1-c1cccc2ccccc12.O=C1c2ccc3ccccc3c2-c2c1ccc1ccccc21.O=Cc1ccc2ccccc2c1-c1cccc2ccccc12.O=Cc1ccc2ccccc2c1Br.OB(O)c1cccc2ccccc12.[CH2-]CCC.[Li+]. The van der Waals surface area contributed by atoms with Crippen molar-refractivity contribution in [3.8, 4) is 39.1 Å². The molecular weight excluding hydrogens is 1680 g/mol. The smallest absolute Gasteiger partial charge is 0.478 e. The van der Waals surface area contributed by atoms with Gasteiger partial charge >= 0.3 is 31.9 Å². The van der Waals surface area contributed by atoms with Gasteiger partial charge in [-0.05, 0) is 183 Å². The van der Waals surface area contributed by atoms with Crippen molar-refractivity contribution >= 4 is 187 Å². The number of unbranched alkanes of at least 4 members (excludes halogenated alkanes) is 1. The minimum Gasteiger partial charge on any atom is -0.478 e. The molecule has 11 nitrogen and oxygen atoms in total. The van der Waals surface area contributed by atoms with Crippen molar-refractivity contribution in [1.82, 2.24) is 4.57 Å². The van der Waals surface area contributed by atoms with Gasteiger partial charge in [-0.25, -0.2) is 4.79 Å². The third kappa shape index (κ3) is 20.0. The number of carbonyl (C=O) groups is 4. The average Bonchev–Trinajstić information content (AvgIpc) is 1.57. The molecular formula is C108H85BBr2LiNO10S. The van der Waals surface area contributed by atoms with Crippen LogP contribution in [0.4, 0.5) is 0 Å². The van der Waals surface area contributed by atoms with E-state index in [4.69, 9.17) is 14.6 Å². The van der Waals surface area contributed by atoms with Gasteiger partial charge in [0, 0.05) is 64.2 Å². The average molecular weight is 1770 g/mol. The van der Waals surface area contributed by atoms with Crippen LogP contribution < -0.4 is 24.3 Å². The van der Waals surface area contributed by atoms with E-state index in [9.17, 15) is 32.7 Å². The number of carboxylic acids is 1. The van der Waals surface area contributed by atoms with Gasteiger partial charge in [0.05, 0.1) is 28.5 Å². The molecule has 606 valence electrons. The fraction of sp³-hybridized carbons (Fsp3) is 0.0463. The first-order valence-electron chi connectivity index (χ1n) is 39.6. The second kappa shape index (κ2) is 41.7. The summed E-state index contributed by atoms with van der Waals surface area (Å²) >= 11 is 7.08. The molecule has 0 atom stereocenters. The summed E-state index contributed by atoms with van der Waals surface area (Å²) in [4.78, 5) is 46.8. The van der Waals surface area contributed by atoms with Crippen LogP contribution >= 0.6 is 31.9 Å². The number of carboxylic acid groups (broad SMARTS) is 1. The van der Waals surface area contributed by atoms with E-state index in [0.717, 1.165) is 143 Å². The summed E-state index contributed by atoms with van der Waals surface area (Å²) in [5, 5.41) is 48.0. The molecule has 0 bridgehead atoms. The zero-order valence-corrected chi connectivity index (χ0v) is 71.6. The monoisotopic (exact) mass is 1760 g/mol. The van der Waals surface area contributed by atoms with Gasteiger partial charge in [-0.15, -0.1) is 0 Å². The van der Waals surface area contributed by atoms with Crippen LogP contribution in [0.25, 0.3) is 147 Å². The van der Waals surface area contributed by atoms with E-state index in [1.165, 1.54) is 55.5 Å². The number of halogens is 2. The van der Waals surface area contributed by atoms with E-state index < -0.39 is 23.2 Å². The minimum absolute atomic E-state index is 0. The van der Waals surface area contributed by atoms with Crippen molar-refractivity contribution in [2.45, 2.75) is 27.2 Å². The predicted molar refractivity (Wildman–Crippen MR) is 520 cm³/mol. The number of benzene rings is 19. The zero-order valence-electron chi connectivity index (χ0n) is 67.6. The number of para-hydroxylation sites is 3. The second-order valence-electron chi connectivity index (χ2n) is 28.8. The number of aldehydes is 2. The van der Waals surface area contributed by atoms with E-state index in [2.05, 4.69) is 178 Å². The Morgan fingerprint density at radius 1 is 0.379 bits per heavy atom. The van der Waals surface area contributed by atoms with Crippen molar-refractivity contribution in [3.63, 3.8) is 0 Å². The molecule has 0 saturated carbocycles. The van der Waals surface area contributed by atoms with E-state index >= 15 is 0 Å². The molecule has 0 saturated heterocycles. The van der Waals surface area contributed by atoms with Gasteiger partial charge in [-0.2, -0.15) is 14.8 Å². The number of rotatable bonds is 8. The quantitative estimate of drug-likeness (QED) is 0.0493.